The lowest BCUT2D eigenvalue weighted by molar-refractivity contribution is -0.138. The number of hydrogen-bond acceptors (Lipinski definition) is 3. The van der Waals surface area contributed by atoms with Crippen molar-refractivity contribution < 1.29 is 9.53 Å². The minimum atomic E-state index is -0.0360. The molecule has 25 heavy (non-hydrogen) atoms. The molecule has 2 rings (SSSR count). The Kier molecular flexibility index (Phi) is 10.0. The van der Waals surface area contributed by atoms with Crippen LogP contribution in [-0.4, -0.2) is 43.7 Å². The number of piperidine rings is 1. The number of nitrogens with zero attached hydrogens (tertiary/aromatic N) is 1. The fourth-order valence-electron chi connectivity index (χ4n) is 3.42. The molecule has 1 heterocycles. The van der Waals surface area contributed by atoms with Crippen molar-refractivity contribution >= 4 is 34.2 Å². The van der Waals surface area contributed by atoms with Gasteiger partial charge in [-0.05, 0) is 56.2 Å². The van der Waals surface area contributed by atoms with Crippen molar-refractivity contribution in [3.05, 3.63) is 34.3 Å². The van der Waals surface area contributed by atoms with Crippen molar-refractivity contribution in [1.82, 2.24) is 4.90 Å². The summed E-state index contributed by atoms with van der Waals surface area (Å²) in [6, 6.07) is 8.34. The van der Waals surface area contributed by atoms with Gasteiger partial charge < -0.3 is 15.4 Å². The van der Waals surface area contributed by atoms with Crippen LogP contribution in [0.4, 0.5) is 0 Å². The molecule has 142 valence electrons. The van der Waals surface area contributed by atoms with E-state index in [-0.39, 0.29) is 30.3 Å². The Morgan fingerprint density at radius 3 is 2.88 bits per heavy atom. The number of hydrogen-bond donors (Lipinski definition) is 1. The van der Waals surface area contributed by atoms with E-state index >= 15 is 0 Å². The van der Waals surface area contributed by atoms with Gasteiger partial charge in [0.25, 0.3) is 0 Å². The van der Waals surface area contributed by atoms with E-state index in [2.05, 4.69) is 28.1 Å². The largest absolute Gasteiger partial charge is 0.385 e. The minimum Gasteiger partial charge on any atom is -0.385 e. The molecule has 0 aliphatic carbocycles. The van der Waals surface area contributed by atoms with Gasteiger partial charge in [0.15, 0.2) is 0 Å². The Balaban J connectivity index is 0.00000312. The standard InChI is InChI=1S/C19H29BrN2O2.ClH/c1-14(21)17-6-4-9-22(13-17)19(23)16(8-10-24-2)11-15-5-3-7-18(20)12-15;/h3,5,7,12,14,16-17H,4,6,8-11,13,21H2,1-2H3;1H. The van der Waals surface area contributed by atoms with Crippen LogP contribution in [0.1, 0.15) is 31.7 Å². The van der Waals surface area contributed by atoms with Gasteiger partial charge in [-0.2, -0.15) is 0 Å². The first-order valence-corrected chi connectivity index (χ1v) is 9.58. The lowest BCUT2D eigenvalue weighted by atomic mass is 9.89. The van der Waals surface area contributed by atoms with Crippen LogP contribution < -0.4 is 5.73 Å². The van der Waals surface area contributed by atoms with Crippen LogP contribution in [0.2, 0.25) is 0 Å². The van der Waals surface area contributed by atoms with Gasteiger partial charge in [0.05, 0.1) is 0 Å². The lowest BCUT2D eigenvalue weighted by Crippen LogP contribution is -2.47. The lowest BCUT2D eigenvalue weighted by Gasteiger charge is -2.36. The summed E-state index contributed by atoms with van der Waals surface area (Å²) >= 11 is 3.51. The highest BCUT2D eigenvalue weighted by Crippen LogP contribution is 2.24. The average Bonchev–Trinajstić information content (AvgIpc) is 2.58. The highest BCUT2D eigenvalue weighted by atomic mass is 79.9. The zero-order valence-electron chi connectivity index (χ0n) is 15.1. The van der Waals surface area contributed by atoms with E-state index in [0.717, 1.165) is 43.2 Å². The van der Waals surface area contributed by atoms with Gasteiger partial charge in [-0.15, -0.1) is 12.4 Å². The number of halogens is 2. The maximum Gasteiger partial charge on any atom is 0.226 e. The highest BCUT2D eigenvalue weighted by molar-refractivity contribution is 9.10. The number of ether oxygens (including phenoxy) is 1. The van der Waals surface area contributed by atoms with Gasteiger partial charge in [-0.25, -0.2) is 0 Å². The maximum atomic E-state index is 13.1. The fraction of sp³-hybridized carbons (Fsp3) is 0.632. The van der Waals surface area contributed by atoms with E-state index in [1.165, 1.54) is 5.56 Å². The summed E-state index contributed by atoms with van der Waals surface area (Å²) in [5.41, 5.74) is 7.24. The van der Waals surface area contributed by atoms with Crippen molar-refractivity contribution in [3.8, 4) is 0 Å². The highest BCUT2D eigenvalue weighted by Gasteiger charge is 2.30. The molecule has 0 spiro atoms. The first kappa shape index (κ1) is 22.4. The molecule has 1 amide bonds. The van der Waals surface area contributed by atoms with Gasteiger partial charge in [0.1, 0.15) is 0 Å². The molecule has 1 aromatic carbocycles. The molecule has 1 saturated heterocycles. The Labute approximate surface area is 166 Å². The van der Waals surface area contributed by atoms with Crippen molar-refractivity contribution in [1.29, 1.82) is 0 Å². The third-order valence-corrected chi connectivity index (χ3v) is 5.40. The molecule has 4 nitrogen and oxygen atoms in total. The number of carbonyl (C=O) groups excluding carboxylic acids is 1. The molecule has 0 aromatic heterocycles. The normalized spacial score (nSPS) is 19.8. The van der Waals surface area contributed by atoms with E-state index in [1.807, 2.05) is 24.0 Å². The van der Waals surface area contributed by atoms with Crippen molar-refractivity contribution in [2.45, 2.75) is 38.6 Å². The zero-order valence-corrected chi connectivity index (χ0v) is 17.5. The number of benzene rings is 1. The van der Waals surface area contributed by atoms with Crippen LogP contribution in [-0.2, 0) is 16.0 Å². The molecule has 0 bridgehead atoms. The van der Waals surface area contributed by atoms with E-state index in [4.69, 9.17) is 10.5 Å². The molecule has 0 saturated carbocycles. The zero-order chi connectivity index (χ0) is 17.5. The predicted octanol–water partition coefficient (Wildman–Crippen LogP) is 3.65. The summed E-state index contributed by atoms with van der Waals surface area (Å²) < 4.78 is 6.28. The molecule has 0 radical (unpaired) electrons. The van der Waals surface area contributed by atoms with E-state index < -0.39 is 0 Å². The summed E-state index contributed by atoms with van der Waals surface area (Å²) in [5.74, 6) is 0.625. The second-order valence-electron chi connectivity index (χ2n) is 6.86. The van der Waals surface area contributed by atoms with E-state index in [9.17, 15) is 4.79 Å². The maximum absolute atomic E-state index is 13.1. The van der Waals surface area contributed by atoms with Gasteiger partial charge in [0, 0.05) is 43.2 Å². The number of likely N-dealkylation sites (tertiary alicyclic amines) is 1. The van der Waals surface area contributed by atoms with Crippen LogP contribution in [0.25, 0.3) is 0 Å². The molecule has 1 aliphatic heterocycles. The Hall–Kier alpha value is -0.620. The molecular formula is C19H30BrClN2O2. The van der Waals surface area contributed by atoms with Crippen LogP contribution >= 0.6 is 28.3 Å². The summed E-state index contributed by atoms with van der Waals surface area (Å²) in [4.78, 5) is 15.1. The molecule has 1 aliphatic rings. The Bertz CT molecular complexity index is 542. The third-order valence-electron chi connectivity index (χ3n) is 4.90. The first-order valence-electron chi connectivity index (χ1n) is 8.79. The summed E-state index contributed by atoms with van der Waals surface area (Å²) in [5, 5.41) is 0. The molecule has 1 fully saturated rings. The van der Waals surface area contributed by atoms with Crippen molar-refractivity contribution in [3.63, 3.8) is 0 Å². The van der Waals surface area contributed by atoms with Gasteiger partial charge >= 0.3 is 0 Å². The van der Waals surface area contributed by atoms with Crippen LogP contribution in [0.5, 0.6) is 0 Å². The minimum absolute atomic E-state index is 0. The van der Waals surface area contributed by atoms with E-state index in [1.54, 1.807) is 7.11 Å². The van der Waals surface area contributed by atoms with Gasteiger partial charge in [-0.3, -0.25) is 4.79 Å². The topological polar surface area (TPSA) is 55.6 Å². The number of rotatable bonds is 7. The number of methoxy groups -OCH3 is 1. The van der Waals surface area contributed by atoms with Crippen molar-refractivity contribution in [2.24, 2.45) is 17.6 Å². The Morgan fingerprint density at radius 2 is 2.24 bits per heavy atom. The second kappa shape index (κ2) is 11.2. The van der Waals surface area contributed by atoms with Crippen molar-refractivity contribution in [2.75, 3.05) is 26.8 Å². The van der Waals surface area contributed by atoms with Gasteiger partial charge in [0.2, 0.25) is 5.91 Å². The van der Waals surface area contributed by atoms with Crippen LogP contribution in [0.15, 0.2) is 28.7 Å². The molecule has 3 atom stereocenters. The predicted molar refractivity (Wildman–Crippen MR) is 108 cm³/mol. The third kappa shape index (κ3) is 6.89. The van der Waals surface area contributed by atoms with Crippen LogP contribution in [0, 0.1) is 11.8 Å². The average molecular weight is 434 g/mol. The van der Waals surface area contributed by atoms with E-state index in [0.29, 0.717) is 12.5 Å². The Morgan fingerprint density at radius 1 is 1.48 bits per heavy atom. The quantitative estimate of drug-likeness (QED) is 0.714. The SMILES string of the molecule is COCCC(Cc1cccc(Br)c1)C(=O)N1CCCC(C(C)N)C1.Cl. The summed E-state index contributed by atoms with van der Waals surface area (Å²) in [6.45, 7) is 4.29. The first-order chi connectivity index (χ1) is 11.5. The number of carbonyl (C=O) groups is 1. The number of amides is 1. The second-order valence-corrected chi connectivity index (χ2v) is 7.77. The van der Waals surface area contributed by atoms with Gasteiger partial charge in [-0.1, -0.05) is 28.1 Å². The molecule has 3 unspecified atom stereocenters. The monoisotopic (exact) mass is 432 g/mol. The molecule has 2 N–H and O–H groups in total. The smallest absolute Gasteiger partial charge is 0.226 e. The summed E-state index contributed by atoms with van der Waals surface area (Å²) in [7, 11) is 1.69. The molecule has 6 heteroatoms. The fourth-order valence-corrected chi connectivity index (χ4v) is 3.87. The summed E-state index contributed by atoms with van der Waals surface area (Å²) in [6.07, 6.45) is 3.67. The molecular weight excluding hydrogens is 404 g/mol. The molecule has 1 aromatic rings. The van der Waals surface area contributed by atoms with Crippen LogP contribution in [0.3, 0.4) is 0 Å². The number of nitrogens with two attached hydrogens (primary N) is 1.